The van der Waals surface area contributed by atoms with Crippen LogP contribution in [0.3, 0.4) is 0 Å². The van der Waals surface area contributed by atoms with Crippen LogP contribution in [0.4, 0.5) is 10.5 Å². The van der Waals surface area contributed by atoms with Crippen molar-refractivity contribution >= 4 is 11.7 Å². The van der Waals surface area contributed by atoms with Gasteiger partial charge in [0.05, 0.1) is 24.5 Å². The van der Waals surface area contributed by atoms with Crippen LogP contribution in [0.2, 0.25) is 0 Å². The Hall–Kier alpha value is -2.57. The number of urea groups is 1. The number of hydrogen-bond donors (Lipinski definition) is 1. The molecule has 1 N–H and O–H groups in total. The van der Waals surface area contributed by atoms with Crippen molar-refractivity contribution in [2.45, 2.75) is 25.8 Å². The van der Waals surface area contributed by atoms with E-state index in [0.29, 0.717) is 37.2 Å². The van der Waals surface area contributed by atoms with Gasteiger partial charge in [-0.15, -0.1) is 5.10 Å². The predicted octanol–water partition coefficient (Wildman–Crippen LogP) is 2.55. The first kappa shape index (κ1) is 15.3. The Morgan fingerprint density at radius 3 is 2.83 bits per heavy atom. The summed E-state index contributed by atoms with van der Waals surface area (Å²) in [6.45, 7) is 3.89. The fourth-order valence-electron chi connectivity index (χ4n) is 2.79. The molecule has 2 aromatic rings. The van der Waals surface area contributed by atoms with Crippen molar-refractivity contribution in [1.82, 2.24) is 19.9 Å². The highest BCUT2D eigenvalue weighted by molar-refractivity contribution is 5.91. The van der Waals surface area contributed by atoms with Gasteiger partial charge in [-0.05, 0) is 31.9 Å². The molecule has 1 aromatic heterocycles. The molecule has 7 nitrogen and oxygen atoms in total. The lowest BCUT2D eigenvalue weighted by Gasteiger charge is -2.32. The minimum Gasteiger partial charge on any atom is -0.492 e. The number of nitrogens with one attached hydrogen (secondary N) is 1. The van der Waals surface area contributed by atoms with Crippen LogP contribution in [0.25, 0.3) is 0 Å². The average molecular weight is 315 g/mol. The van der Waals surface area contributed by atoms with Crippen molar-refractivity contribution in [3.8, 4) is 5.75 Å². The number of carbonyl (C=O) groups is 1. The van der Waals surface area contributed by atoms with Crippen molar-refractivity contribution < 1.29 is 9.53 Å². The van der Waals surface area contributed by atoms with Gasteiger partial charge >= 0.3 is 6.03 Å². The number of likely N-dealkylation sites (tertiary alicyclic amines) is 1. The van der Waals surface area contributed by atoms with Crippen LogP contribution >= 0.6 is 0 Å². The molecular formula is C16H21N5O2. The van der Waals surface area contributed by atoms with E-state index in [0.717, 1.165) is 12.8 Å². The fraction of sp³-hybridized carbons (Fsp3) is 0.438. The highest BCUT2D eigenvalue weighted by atomic mass is 16.5. The van der Waals surface area contributed by atoms with Gasteiger partial charge in [-0.3, -0.25) is 0 Å². The minimum atomic E-state index is -0.0887. The summed E-state index contributed by atoms with van der Waals surface area (Å²) in [4.78, 5) is 14.3. The van der Waals surface area contributed by atoms with E-state index >= 15 is 0 Å². The molecule has 122 valence electrons. The molecule has 0 spiro atoms. The van der Waals surface area contributed by atoms with Gasteiger partial charge in [-0.2, -0.15) is 0 Å². The molecule has 0 unspecified atom stereocenters. The lowest BCUT2D eigenvalue weighted by Crippen LogP contribution is -2.41. The number of para-hydroxylation sites is 2. The van der Waals surface area contributed by atoms with Crippen LogP contribution in [0.15, 0.2) is 36.7 Å². The second-order valence-electron chi connectivity index (χ2n) is 5.46. The SMILES string of the molecule is CCOc1ccccc1NC(=O)N1CCC(n2ccnn2)CC1. The van der Waals surface area contributed by atoms with E-state index in [-0.39, 0.29) is 6.03 Å². The number of aromatic nitrogens is 3. The van der Waals surface area contributed by atoms with Crippen molar-refractivity contribution in [1.29, 1.82) is 0 Å². The highest BCUT2D eigenvalue weighted by Gasteiger charge is 2.24. The van der Waals surface area contributed by atoms with Crippen LogP contribution in [0.1, 0.15) is 25.8 Å². The summed E-state index contributed by atoms with van der Waals surface area (Å²) < 4.78 is 7.41. The van der Waals surface area contributed by atoms with Crippen LogP contribution in [0, 0.1) is 0 Å². The maximum absolute atomic E-state index is 12.4. The zero-order valence-corrected chi connectivity index (χ0v) is 13.2. The summed E-state index contributed by atoms with van der Waals surface area (Å²) in [6, 6.07) is 7.71. The van der Waals surface area contributed by atoms with E-state index in [1.807, 2.05) is 47.0 Å². The summed E-state index contributed by atoms with van der Waals surface area (Å²) >= 11 is 0. The Kier molecular flexibility index (Phi) is 4.75. The van der Waals surface area contributed by atoms with E-state index in [1.165, 1.54) is 0 Å². The predicted molar refractivity (Wildman–Crippen MR) is 86.5 cm³/mol. The molecule has 3 rings (SSSR count). The summed E-state index contributed by atoms with van der Waals surface area (Å²) in [7, 11) is 0. The smallest absolute Gasteiger partial charge is 0.321 e. The van der Waals surface area contributed by atoms with Gasteiger partial charge in [0.2, 0.25) is 0 Å². The standard InChI is InChI=1S/C16H21N5O2/c1-2-23-15-6-4-3-5-14(15)18-16(22)20-10-7-13(8-11-20)21-12-9-17-19-21/h3-6,9,12-13H,2,7-8,10-11H2,1H3,(H,18,22). The highest BCUT2D eigenvalue weighted by Crippen LogP contribution is 2.26. The third kappa shape index (κ3) is 3.61. The molecule has 1 aliphatic rings. The molecule has 0 saturated carbocycles. The number of hydrogen-bond acceptors (Lipinski definition) is 4. The number of anilines is 1. The van der Waals surface area contributed by atoms with Gasteiger partial charge in [0.25, 0.3) is 0 Å². The molecule has 0 aliphatic carbocycles. The zero-order chi connectivity index (χ0) is 16.1. The molecule has 2 amide bonds. The second-order valence-corrected chi connectivity index (χ2v) is 5.46. The Balaban J connectivity index is 1.58. The monoisotopic (exact) mass is 315 g/mol. The first-order chi connectivity index (χ1) is 11.3. The Morgan fingerprint density at radius 1 is 1.35 bits per heavy atom. The molecule has 0 radical (unpaired) electrons. The Morgan fingerprint density at radius 2 is 2.13 bits per heavy atom. The number of rotatable bonds is 4. The van der Waals surface area contributed by atoms with Crippen LogP contribution < -0.4 is 10.1 Å². The second kappa shape index (κ2) is 7.13. The van der Waals surface area contributed by atoms with E-state index in [4.69, 9.17) is 4.74 Å². The largest absolute Gasteiger partial charge is 0.492 e. The van der Waals surface area contributed by atoms with Crippen LogP contribution in [-0.4, -0.2) is 45.6 Å². The molecule has 1 fully saturated rings. The van der Waals surface area contributed by atoms with E-state index in [2.05, 4.69) is 15.6 Å². The van der Waals surface area contributed by atoms with Gasteiger partial charge in [-0.25, -0.2) is 9.48 Å². The summed E-state index contributed by atoms with van der Waals surface area (Å²) in [5.74, 6) is 0.695. The van der Waals surface area contributed by atoms with Crippen molar-refractivity contribution in [2.24, 2.45) is 0 Å². The Labute approximate surface area is 135 Å². The number of carbonyl (C=O) groups excluding carboxylic acids is 1. The van der Waals surface area contributed by atoms with Crippen LogP contribution in [-0.2, 0) is 0 Å². The van der Waals surface area contributed by atoms with E-state index in [1.54, 1.807) is 6.20 Å². The summed E-state index contributed by atoms with van der Waals surface area (Å²) in [5, 5.41) is 10.8. The molecule has 1 aromatic carbocycles. The lowest BCUT2D eigenvalue weighted by molar-refractivity contribution is 0.179. The molecule has 0 atom stereocenters. The number of piperidine rings is 1. The minimum absolute atomic E-state index is 0.0887. The molecule has 7 heteroatoms. The van der Waals surface area contributed by atoms with Crippen molar-refractivity contribution in [3.63, 3.8) is 0 Å². The average Bonchev–Trinajstić information content (AvgIpc) is 3.11. The normalized spacial score (nSPS) is 15.4. The quantitative estimate of drug-likeness (QED) is 0.941. The van der Waals surface area contributed by atoms with Gasteiger partial charge in [0.15, 0.2) is 0 Å². The van der Waals surface area contributed by atoms with Crippen molar-refractivity contribution in [3.05, 3.63) is 36.7 Å². The molecule has 1 aliphatic heterocycles. The Bertz CT molecular complexity index is 636. The zero-order valence-electron chi connectivity index (χ0n) is 13.2. The summed E-state index contributed by atoms with van der Waals surface area (Å²) in [6.07, 6.45) is 5.32. The first-order valence-corrected chi connectivity index (χ1v) is 7.91. The molecule has 23 heavy (non-hydrogen) atoms. The number of nitrogens with zero attached hydrogens (tertiary/aromatic N) is 4. The van der Waals surface area contributed by atoms with Gasteiger partial charge in [0, 0.05) is 19.3 Å². The molecule has 0 bridgehead atoms. The van der Waals surface area contributed by atoms with E-state index < -0.39 is 0 Å². The third-order valence-electron chi connectivity index (χ3n) is 4.00. The maximum atomic E-state index is 12.4. The maximum Gasteiger partial charge on any atom is 0.321 e. The number of ether oxygens (including phenoxy) is 1. The van der Waals surface area contributed by atoms with Gasteiger partial charge in [0.1, 0.15) is 5.75 Å². The van der Waals surface area contributed by atoms with Gasteiger partial charge in [-0.1, -0.05) is 17.3 Å². The molecule has 2 heterocycles. The van der Waals surface area contributed by atoms with Gasteiger partial charge < -0.3 is 15.0 Å². The number of benzene rings is 1. The third-order valence-corrected chi connectivity index (χ3v) is 4.00. The fourth-order valence-corrected chi connectivity index (χ4v) is 2.79. The topological polar surface area (TPSA) is 72.3 Å². The first-order valence-electron chi connectivity index (χ1n) is 7.91. The summed E-state index contributed by atoms with van der Waals surface area (Å²) in [5.41, 5.74) is 0.706. The van der Waals surface area contributed by atoms with Crippen molar-refractivity contribution in [2.75, 3.05) is 25.0 Å². The number of amides is 2. The molecular weight excluding hydrogens is 294 g/mol. The van der Waals surface area contributed by atoms with E-state index in [9.17, 15) is 4.79 Å². The lowest BCUT2D eigenvalue weighted by atomic mass is 10.1. The van der Waals surface area contributed by atoms with Crippen LogP contribution in [0.5, 0.6) is 5.75 Å². The molecule has 1 saturated heterocycles.